The van der Waals surface area contributed by atoms with Gasteiger partial charge < -0.3 is 15.2 Å². The summed E-state index contributed by atoms with van der Waals surface area (Å²) in [5, 5.41) is 0. The Kier molecular flexibility index (Phi) is 5.79. The number of carbonyl (C=O) groups excluding carboxylic acids is 1. The monoisotopic (exact) mass is 157 g/mol. The molecule has 0 aromatic rings. The van der Waals surface area contributed by atoms with Crippen LogP contribution in [0.25, 0.3) is 0 Å². The molecular weight excluding hydrogens is 146 g/mol. The number of hydrogen-bond donors (Lipinski definition) is 1. The predicted molar refractivity (Wildman–Crippen MR) is 40.8 cm³/mol. The lowest BCUT2D eigenvalue weighted by molar-refractivity contribution is 0.0718. The number of nitrogens with two attached hydrogens (primary N) is 1. The molecule has 0 saturated heterocycles. The van der Waals surface area contributed by atoms with Crippen molar-refractivity contribution in [2.75, 3.05) is 13.2 Å². The van der Waals surface area contributed by atoms with Gasteiger partial charge in [0.25, 0.3) is 0 Å². The van der Waals surface area contributed by atoms with Gasteiger partial charge in [0, 0.05) is 0 Å². The first kappa shape index (κ1) is 9.55. The Hall–Kier alpha value is -1.45. The lowest BCUT2D eigenvalue weighted by Gasteiger charge is -1.99. The van der Waals surface area contributed by atoms with E-state index in [-0.39, 0.29) is 13.2 Å². The first-order chi connectivity index (χ1) is 5.31. The maximum absolute atomic E-state index is 10.5. The van der Waals surface area contributed by atoms with Crippen LogP contribution in [0.4, 0.5) is 4.79 Å². The minimum Gasteiger partial charge on any atom is -0.430 e. The average Bonchev–Trinajstić information content (AvgIpc) is 2.01. The number of ether oxygens (including phenoxy) is 2. The zero-order chi connectivity index (χ0) is 8.53. The Morgan fingerprint density at radius 2 is 2.09 bits per heavy atom. The second-order valence-electron chi connectivity index (χ2n) is 1.59. The molecule has 11 heavy (non-hydrogen) atoms. The number of carbonyl (C=O) groups is 1. The summed E-state index contributed by atoms with van der Waals surface area (Å²) >= 11 is 0. The summed E-state index contributed by atoms with van der Waals surface area (Å²) in [5.41, 5.74) is 4.99. The molecular formula is C7H11NO3. The van der Waals surface area contributed by atoms with Crippen LogP contribution in [0.5, 0.6) is 0 Å². The minimum atomic E-state index is -0.719. The van der Waals surface area contributed by atoms with Crippen LogP contribution in [0.1, 0.15) is 0 Å². The van der Waals surface area contributed by atoms with Gasteiger partial charge in [0.15, 0.2) is 0 Å². The van der Waals surface area contributed by atoms with Crippen molar-refractivity contribution in [3.05, 3.63) is 24.9 Å². The third-order valence-electron chi connectivity index (χ3n) is 0.753. The van der Waals surface area contributed by atoms with Crippen LogP contribution < -0.4 is 5.73 Å². The quantitative estimate of drug-likeness (QED) is 0.484. The SMILES string of the molecule is C=CCOC(=O)OCC=CN. The molecule has 0 aliphatic carbocycles. The van der Waals surface area contributed by atoms with E-state index in [1.165, 1.54) is 18.4 Å². The molecule has 0 fully saturated rings. The highest BCUT2D eigenvalue weighted by atomic mass is 16.7. The maximum atomic E-state index is 10.5. The third kappa shape index (κ3) is 6.44. The van der Waals surface area contributed by atoms with Crippen LogP contribution in [-0.4, -0.2) is 19.4 Å². The molecule has 62 valence electrons. The Balaban J connectivity index is 3.29. The predicted octanol–water partition coefficient (Wildman–Crippen LogP) is 0.798. The van der Waals surface area contributed by atoms with Gasteiger partial charge in [-0.1, -0.05) is 12.7 Å². The summed E-state index contributed by atoms with van der Waals surface area (Å²) < 4.78 is 8.99. The molecule has 0 rings (SSSR count). The molecule has 0 unspecified atom stereocenters. The molecule has 4 nitrogen and oxygen atoms in total. The van der Waals surface area contributed by atoms with Crippen LogP contribution in [-0.2, 0) is 9.47 Å². The first-order valence-electron chi connectivity index (χ1n) is 3.08. The lowest BCUT2D eigenvalue weighted by Crippen LogP contribution is -2.07. The number of rotatable bonds is 4. The van der Waals surface area contributed by atoms with Crippen LogP contribution in [0, 0.1) is 0 Å². The van der Waals surface area contributed by atoms with Crippen molar-refractivity contribution in [1.82, 2.24) is 0 Å². The third-order valence-corrected chi connectivity index (χ3v) is 0.753. The van der Waals surface area contributed by atoms with E-state index >= 15 is 0 Å². The van der Waals surface area contributed by atoms with Gasteiger partial charge in [-0.05, 0) is 12.3 Å². The van der Waals surface area contributed by atoms with Gasteiger partial charge in [-0.3, -0.25) is 0 Å². The summed E-state index contributed by atoms with van der Waals surface area (Å²) in [6, 6.07) is 0. The fourth-order valence-electron chi connectivity index (χ4n) is 0.340. The van der Waals surface area contributed by atoms with E-state index in [9.17, 15) is 4.79 Å². The molecule has 0 bridgehead atoms. The van der Waals surface area contributed by atoms with Crippen molar-refractivity contribution in [3.63, 3.8) is 0 Å². The highest BCUT2D eigenvalue weighted by Crippen LogP contribution is 1.85. The normalized spacial score (nSPS) is 9.45. The van der Waals surface area contributed by atoms with Gasteiger partial charge in [-0.2, -0.15) is 0 Å². The van der Waals surface area contributed by atoms with Gasteiger partial charge in [0.2, 0.25) is 0 Å². The largest absolute Gasteiger partial charge is 0.508 e. The zero-order valence-corrected chi connectivity index (χ0v) is 6.16. The van der Waals surface area contributed by atoms with Crippen molar-refractivity contribution in [3.8, 4) is 0 Å². The van der Waals surface area contributed by atoms with E-state index in [1.807, 2.05) is 0 Å². The van der Waals surface area contributed by atoms with Gasteiger partial charge in [-0.15, -0.1) is 0 Å². The van der Waals surface area contributed by atoms with Crippen molar-refractivity contribution < 1.29 is 14.3 Å². The molecule has 0 spiro atoms. The standard InChI is InChI=1S/C7H11NO3/c1-2-5-10-7(9)11-6-3-4-8/h2-4H,1,5-6,8H2. The summed E-state index contributed by atoms with van der Waals surface area (Å²) in [4.78, 5) is 10.5. The Bertz CT molecular complexity index is 154. The highest BCUT2D eigenvalue weighted by Gasteiger charge is 1.98. The zero-order valence-electron chi connectivity index (χ0n) is 6.16. The smallest absolute Gasteiger partial charge is 0.430 e. The van der Waals surface area contributed by atoms with Crippen LogP contribution in [0.15, 0.2) is 24.9 Å². The number of hydrogen-bond acceptors (Lipinski definition) is 4. The van der Waals surface area contributed by atoms with E-state index < -0.39 is 6.16 Å². The molecule has 0 saturated carbocycles. The van der Waals surface area contributed by atoms with Crippen molar-refractivity contribution in [2.24, 2.45) is 5.73 Å². The molecule has 0 aromatic heterocycles. The van der Waals surface area contributed by atoms with E-state index in [1.54, 1.807) is 0 Å². The molecule has 0 heterocycles. The van der Waals surface area contributed by atoms with Gasteiger partial charge >= 0.3 is 6.16 Å². The Morgan fingerprint density at radius 1 is 1.45 bits per heavy atom. The summed E-state index contributed by atoms with van der Waals surface area (Å²) in [6.07, 6.45) is 3.53. The molecule has 0 aliphatic heterocycles. The van der Waals surface area contributed by atoms with E-state index in [0.29, 0.717) is 0 Å². The van der Waals surface area contributed by atoms with Crippen LogP contribution in [0.3, 0.4) is 0 Å². The van der Waals surface area contributed by atoms with E-state index in [0.717, 1.165) is 0 Å². The minimum absolute atomic E-state index is 0.131. The molecule has 0 atom stereocenters. The lowest BCUT2D eigenvalue weighted by atomic mass is 10.7. The van der Waals surface area contributed by atoms with Crippen LogP contribution in [0.2, 0.25) is 0 Å². The molecule has 4 heteroatoms. The molecule has 2 N–H and O–H groups in total. The molecule has 0 aromatic carbocycles. The summed E-state index contributed by atoms with van der Waals surface area (Å²) in [5.74, 6) is 0. The summed E-state index contributed by atoms with van der Waals surface area (Å²) in [7, 11) is 0. The van der Waals surface area contributed by atoms with Crippen molar-refractivity contribution >= 4 is 6.16 Å². The van der Waals surface area contributed by atoms with Gasteiger partial charge in [0.1, 0.15) is 13.2 Å². The average molecular weight is 157 g/mol. The highest BCUT2D eigenvalue weighted by molar-refractivity contribution is 5.60. The second-order valence-corrected chi connectivity index (χ2v) is 1.59. The van der Waals surface area contributed by atoms with Crippen molar-refractivity contribution in [1.29, 1.82) is 0 Å². The maximum Gasteiger partial charge on any atom is 0.508 e. The molecule has 0 aliphatic rings. The van der Waals surface area contributed by atoms with Crippen molar-refractivity contribution in [2.45, 2.75) is 0 Å². The molecule has 0 radical (unpaired) electrons. The Morgan fingerprint density at radius 3 is 2.64 bits per heavy atom. The van der Waals surface area contributed by atoms with Gasteiger partial charge in [-0.25, -0.2) is 4.79 Å². The first-order valence-corrected chi connectivity index (χ1v) is 3.08. The Labute approximate surface area is 65.3 Å². The fourth-order valence-corrected chi connectivity index (χ4v) is 0.340. The van der Waals surface area contributed by atoms with E-state index in [2.05, 4.69) is 16.1 Å². The van der Waals surface area contributed by atoms with Gasteiger partial charge in [0.05, 0.1) is 0 Å². The molecule has 0 amide bonds. The summed E-state index contributed by atoms with van der Waals surface area (Å²) in [6.45, 7) is 3.65. The topological polar surface area (TPSA) is 61.5 Å². The van der Waals surface area contributed by atoms with E-state index in [4.69, 9.17) is 5.73 Å². The second kappa shape index (κ2) is 6.67. The fraction of sp³-hybridized carbons (Fsp3) is 0.286. The van der Waals surface area contributed by atoms with Crippen LogP contribution >= 0.6 is 0 Å².